The largest absolute Gasteiger partial charge is 0.545 e. The number of carboxylic acid groups (broad SMARTS) is 1. The van der Waals surface area contributed by atoms with E-state index in [0.29, 0.717) is 0 Å². The summed E-state index contributed by atoms with van der Waals surface area (Å²) in [7, 11) is 0. The number of nitrogens with one attached hydrogen (secondary N) is 1. The lowest BCUT2D eigenvalue weighted by Crippen LogP contribution is -2.27. The van der Waals surface area contributed by atoms with E-state index in [2.05, 4.69) is 5.32 Å². The first-order valence-corrected chi connectivity index (χ1v) is 6.82. The monoisotopic (exact) mass is 353 g/mol. The van der Waals surface area contributed by atoms with Crippen LogP contribution in [0.1, 0.15) is 20.7 Å². The lowest BCUT2D eigenvalue weighted by molar-refractivity contribution is -0.385. The maximum Gasteiger partial charge on any atom is 0.282 e. The quantitative estimate of drug-likeness (QED) is 0.670. The first-order chi connectivity index (χ1) is 10.8. The fourth-order valence-corrected chi connectivity index (χ4v) is 2.22. The maximum absolute atomic E-state index is 12.3. The van der Waals surface area contributed by atoms with E-state index in [0.717, 1.165) is 18.2 Å². The molecule has 0 spiro atoms. The Morgan fingerprint density at radius 1 is 1.13 bits per heavy atom. The molecule has 0 fully saturated rings. The first-order valence-electron chi connectivity index (χ1n) is 6.06. The number of benzene rings is 2. The number of halogens is 2. The Bertz CT molecular complexity index is 791. The van der Waals surface area contributed by atoms with E-state index in [1.165, 1.54) is 18.2 Å². The van der Waals surface area contributed by atoms with Gasteiger partial charge in [-0.1, -0.05) is 35.3 Å². The van der Waals surface area contributed by atoms with Crippen molar-refractivity contribution in [1.82, 2.24) is 0 Å². The predicted octanol–water partition coefficient (Wildman–Crippen LogP) is 2.52. The highest BCUT2D eigenvalue weighted by Gasteiger charge is 2.25. The molecular formula is C14H7Cl2N2O5-. The number of nitro benzene ring substituents is 1. The topological polar surface area (TPSA) is 112 Å². The van der Waals surface area contributed by atoms with Crippen LogP contribution in [0, 0.1) is 10.1 Å². The van der Waals surface area contributed by atoms with Crippen LogP contribution in [0.3, 0.4) is 0 Å². The van der Waals surface area contributed by atoms with E-state index in [9.17, 15) is 24.8 Å². The highest BCUT2D eigenvalue weighted by Crippen LogP contribution is 2.28. The van der Waals surface area contributed by atoms with Gasteiger partial charge in [-0.2, -0.15) is 0 Å². The molecular weight excluding hydrogens is 347 g/mol. The Hall–Kier alpha value is -2.64. The zero-order valence-corrected chi connectivity index (χ0v) is 12.7. The number of carbonyl (C=O) groups is 2. The van der Waals surface area contributed by atoms with E-state index in [1.807, 2.05) is 0 Å². The summed E-state index contributed by atoms with van der Waals surface area (Å²) >= 11 is 11.7. The van der Waals surface area contributed by atoms with E-state index < -0.39 is 33.6 Å². The minimum absolute atomic E-state index is 0.0895. The van der Waals surface area contributed by atoms with Crippen LogP contribution in [0.15, 0.2) is 36.4 Å². The van der Waals surface area contributed by atoms with Crippen LogP contribution in [-0.4, -0.2) is 16.8 Å². The molecule has 2 aromatic carbocycles. The molecule has 0 radical (unpaired) electrons. The number of nitro groups is 1. The zero-order valence-electron chi connectivity index (χ0n) is 11.2. The van der Waals surface area contributed by atoms with Gasteiger partial charge in [-0.15, -0.1) is 0 Å². The smallest absolute Gasteiger partial charge is 0.282 e. The molecule has 118 valence electrons. The molecule has 0 unspecified atom stereocenters. The highest BCUT2D eigenvalue weighted by molar-refractivity contribution is 6.36. The van der Waals surface area contributed by atoms with Crippen LogP contribution in [0.2, 0.25) is 10.0 Å². The number of rotatable bonds is 4. The van der Waals surface area contributed by atoms with Crippen molar-refractivity contribution in [3.8, 4) is 0 Å². The van der Waals surface area contributed by atoms with Crippen molar-refractivity contribution in [2.24, 2.45) is 0 Å². The molecule has 0 aliphatic carbocycles. The number of hydrogen-bond acceptors (Lipinski definition) is 5. The molecule has 0 bridgehead atoms. The van der Waals surface area contributed by atoms with Gasteiger partial charge in [0.05, 0.1) is 21.6 Å². The number of aromatic carboxylic acids is 1. The number of amides is 1. The van der Waals surface area contributed by atoms with Crippen molar-refractivity contribution < 1.29 is 19.6 Å². The Morgan fingerprint density at radius 2 is 1.83 bits per heavy atom. The van der Waals surface area contributed by atoms with E-state index in [1.54, 1.807) is 0 Å². The van der Waals surface area contributed by atoms with Gasteiger partial charge in [0.15, 0.2) is 0 Å². The average Bonchev–Trinajstić information content (AvgIpc) is 2.49. The van der Waals surface area contributed by atoms with Crippen LogP contribution in [0.25, 0.3) is 0 Å². The number of carboxylic acids is 1. The van der Waals surface area contributed by atoms with Crippen LogP contribution in [-0.2, 0) is 0 Å². The summed E-state index contributed by atoms with van der Waals surface area (Å²) in [5, 5.41) is 24.9. The Kier molecular flexibility index (Phi) is 4.83. The van der Waals surface area contributed by atoms with Crippen LogP contribution < -0.4 is 10.4 Å². The molecule has 2 rings (SSSR count). The second kappa shape index (κ2) is 6.64. The van der Waals surface area contributed by atoms with Crippen molar-refractivity contribution in [3.05, 3.63) is 67.7 Å². The molecule has 23 heavy (non-hydrogen) atoms. The van der Waals surface area contributed by atoms with Gasteiger partial charge in [0.25, 0.3) is 11.6 Å². The van der Waals surface area contributed by atoms with Crippen molar-refractivity contribution >= 4 is 46.5 Å². The molecule has 2 aromatic rings. The van der Waals surface area contributed by atoms with Gasteiger partial charge < -0.3 is 15.2 Å². The van der Waals surface area contributed by atoms with Gasteiger partial charge in [-0.05, 0) is 18.2 Å². The normalized spacial score (nSPS) is 10.2. The molecule has 0 saturated carbocycles. The Morgan fingerprint density at radius 3 is 2.43 bits per heavy atom. The SMILES string of the molecule is O=C([O-])c1cccc([N+](=O)[O-])c1C(=O)Nc1cc(Cl)ccc1Cl. The highest BCUT2D eigenvalue weighted by atomic mass is 35.5. The van der Waals surface area contributed by atoms with Gasteiger partial charge >= 0.3 is 0 Å². The Balaban J connectivity index is 2.52. The fourth-order valence-electron chi connectivity index (χ4n) is 1.88. The molecule has 0 saturated heterocycles. The summed E-state index contributed by atoms with van der Waals surface area (Å²) in [6.45, 7) is 0. The summed E-state index contributed by atoms with van der Waals surface area (Å²) in [4.78, 5) is 33.6. The van der Waals surface area contributed by atoms with E-state index in [-0.39, 0.29) is 15.7 Å². The van der Waals surface area contributed by atoms with Gasteiger partial charge in [0.2, 0.25) is 0 Å². The third-order valence-corrected chi connectivity index (χ3v) is 3.43. The lowest BCUT2D eigenvalue weighted by atomic mass is 10.0. The molecule has 0 aromatic heterocycles. The zero-order chi connectivity index (χ0) is 17.1. The van der Waals surface area contributed by atoms with Crippen LogP contribution in [0.4, 0.5) is 11.4 Å². The summed E-state index contributed by atoms with van der Waals surface area (Å²) in [6.07, 6.45) is 0. The van der Waals surface area contributed by atoms with E-state index in [4.69, 9.17) is 23.2 Å². The molecule has 7 nitrogen and oxygen atoms in total. The third kappa shape index (κ3) is 3.58. The number of carbonyl (C=O) groups excluding carboxylic acids is 2. The number of anilines is 1. The number of hydrogen-bond donors (Lipinski definition) is 1. The second-order valence-electron chi connectivity index (χ2n) is 4.32. The second-order valence-corrected chi connectivity index (χ2v) is 5.17. The third-order valence-electron chi connectivity index (χ3n) is 2.86. The maximum atomic E-state index is 12.3. The average molecular weight is 354 g/mol. The molecule has 0 atom stereocenters. The van der Waals surface area contributed by atoms with Crippen molar-refractivity contribution in [2.75, 3.05) is 5.32 Å². The number of nitrogens with zero attached hydrogens (tertiary/aromatic N) is 1. The van der Waals surface area contributed by atoms with Crippen molar-refractivity contribution in [1.29, 1.82) is 0 Å². The van der Waals surface area contributed by atoms with Crippen LogP contribution in [0.5, 0.6) is 0 Å². The summed E-state index contributed by atoms with van der Waals surface area (Å²) < 4.78 is 0. The molecule has 9 heteroatoms. The van der Waals surface area contributed by atoms with Crippen molar-refractivity contribution in [2.45, 2.75) is 0 Å². The van der Waals surface area contributed by atoms with Gasteiger partial charge in [-0.3, -0.25) is 14.9 Å². The minimum atomic E-state index is -1.71. The molecule has 0 heterocycles. The first kappa shape index (κ1) is 16.7. The summed E-state index contributed by atoms with van der Waals surface area (Å²) in [5.74, 6) is -2.73. The molecule has 1 amide bonds. The molecule has 0 aliphatic rings. The van der Waals surface area contributed by atoms with Crippen molar-refractivity contribution in [3.63, 3.8) is 0 Å². The van der Waals surface area contributed by atoms with Gasteiger partial charge in [0, 0.05) is 16.7 Å². The molecule has 1 N–H and O–H groups in total. The summed E-state index contributed by atoms with van der Waals surface area (Å²) in [6, 6.07) is 7.43. The van der Waals surface area contributed by atoms with E-state index >= 15 is 0 Å². The summed E-state index contributed by atoms with van der Waals surface area (Å²) in [5.41, 5.74) is -1.81. The van der Waals surface area contributed by atoms with Gasteiger partial charge in [-0.25, -0.2) is 0 Å². The minimum Gasteiger partial charge on any atom is -0.545 e. The lowest BCUT2D eigenvalue weighted by Gasteiger charge is -2.12. The van der Waals surface area contributed by atoms with Gasteiger partial charge in [0.1, 0.15) is 5.56 Å². The predicted molar refractivity (Wildman–Crippen MR) is 81.8 cm³/mol. The fraction of sp³-hybridized carbons (Fsp3) is 0. The van der Waals surface area contributed by atoms with Crippen LogP contribution >= 0.6 is 23.2 Å². The molecule has 0 aliphatic heterocycles. The standard InChI is InChI=1S/C14H8Cl2N2O5/c15-7-4-5-9(16)10(6-7)17-13(19)12-8(14(20)21)2-1-3-11(12)18(22)23/h1-6H,(H,17,19)(H,20,21)/p-1. The Labute approximate surface area is 139 Å².